The monoisotopic (exact) mass is 728 g/mol. The summed E-state index contributed by atoms with van der Waals surface area (Å²) >= 11 is 0. The van der Waals surface area contributed by atoms with Crippen molar-refractivity contribution in [3.63, 3.8) is 0 Å². The van der Waals surface area contributed by atoms with E-state index < -0.39 is 24.0 Å². The van der Waals surface area contributed by atoms with Gasteiger partial charge in [-0.25, -0.2) is 14.6 Å². The number of nitrogens with one attached hydrogen (secondary N) is 5. The zero-order chi connectivity index (χ0) is 39.3. The van der Waals surface area contributed by atoms with Crippen molar-refractivity contribution in [2.24, 2.45) is 4.99 Å². The maximum atomic E-state index is 12.9. The number of allylic oxidation sites excluding steroid dienone is 2. The molecule has 2 aromatic heterocycles. The molecular formula is C39H48N6O8. The first kappa shape index (κ1) is 40.0. The molecule has 2 aliphatic rings. The van der Waals surface area contributed by atoms with Gasteiger partial charge in [-0.05, 0) is 120 Å². The Morgan fingerprint density at radius 3 is 1.74 bits per heavy atom. The molecule has 0 fully saturated rings. The summed E-state index contributed by atoms with van der Waals surface area (Å²) in [6.07, 6.45) is 6.32. The topological polar surface area (TPSA) is 201 Å². The van der Waals surface area contributed by atoms with Crippen molar-refractivity contribution in [1.29, 1.82) is 0 Å². The van der Waals surface area contributed by atoms with E-state index in [1.54, 1.807) is 27.7 Å². The molecule has 0 aromatic carbocycles. The van der Waals surface area contributed by atoms with Gasteiger partial charge in [0.15, 0.2) is 0 Å². The van der Waals surface area contributed by atoms with Gasteiger partial charge in [0.2, 0.25) is 11.8 Å². The van der Waals surface area contributed by atoms with E-state index in [0.717, 1.165) is 39.1 Å². The van der Waals surface area contributed by atoms with Crippen LogP contribution in [-0.4, -0.2) is 77.6 Å². The second-order valence-corrected chi connectivity index (χ2v) is 13.3. The molecule has 0 radical (unpaired) electrons. The molecular weight excluding hydrogens is 680 g/mol. The number of aromatic nitrogens is 2. The smallest absolute Gasteiger partial charge is 0.328 e. The average Bonchev–Trinajstić information content (AvgIpc) is 3.75. The molecule has 14 nitrogen and oxygen atoms in total. The molecule has 2 aliphatic heterocycles. The Morgan fingerprint density at radius 2 is 1.25 bits per heavy atom. The highest BCUT2D eigenvalue weighted by Crippen LogP contribution is 2.27. The molecule has 282 valence electrons. The lowest BCUT2D eigenvalue weighted by Crippen LogP contribution is -2.39. The van der Waals surface area contributed by atoms with Crippen LogP contribution in [0.2, 0.25) is 0 Å². The average molecular weight is 729 g/mol. The van der Waals surface area contributed by atoms with Crippen molar-refractivity contribution in [1.82, 2.24) is 25.9 Å². The summed E-state index contributed by atoms with van der Waals surface area (Å²) < 4.78 is 9.48. The maximum absolute atomic E-state index is 12.9. The van der Waals surface area contributed by atoms with Gasteiger partial charge in [-0.15, -0.1) is 0 Å². The van der Waals surface area contributed by atoms with E-state index in [1.165, 1.54) is 14.2 Å². The Balaban J connectivity index is 1.84. The molecule has 4 rings (SSSR count). The van der Waals surface area contributed by atoms with Crippen molar-refractivity contribution in [2.75, 3.05) is 14.2 Å². The standard InChI is InChI=1S/C39H48N6O8/c1-18-20(3)36(48)44-28(18)15-30-22(5)26(11-13-34(46)40-24(7)38(50)52-9)32(42-30)17-33-27(12-14-35(47)41-25(8)39(51)53-10)23(6)31(43-33)16-29-19(2)21(4)37(49)45-29/h15-17,24-25,42-43H,11-14H2,1-10H3,(H,40,46)(H,41,47)(H,44,48)/b28-15-,31-16+,33-17-/t24-,25-/m0/s1. The lowest BCUT2D eigenvalue weighted by molar-refractivity contribution is -0.144. The molecule has 0 spiro atoms. The summed E-state index contributed by atoms with van der Waals surface area (Å²) in [6.45, 7) is 14.1. The van der Waals surface area contributed by atoms with Gasteiger partial charge in [0.1, 0.15) is 12.1 Å². The van der Waals surface area contributed by atoms with Crippen LogP contribution in [0.25, 0.3) is 18.2 Å². The predicted molar refractivity (Wildman–Crippen MR) is 200 cm³/mol. The minimum absolute atomic E-state index is 0.0644. The van der Waals surface area contributed by atoms with E-state index >= 15 is 0 Å². The SMILES string of the molecule is COC(=O)[C@H](C)NC(=O)CCc1c(/C=c2\[nH]/c(=C/C3=NC(=O)C(C)=C3C)c(C)c2CCC(=O)N[C@@H](C)C(=O)OC)[nH]c(/C=C2\NC(=O)C(C)=C2C)c1C. The van der Waals surface area contributed by atoms with Crippen molar-refractivity contribution < 1.29 is 38.2 Å². The summed E-state index contributed by atoms with van der Waals surface area (Å²) in [5, 5.41) is 9.62. The summed E-state index contributed by atoms with van der Waals surface area (Å²) in [5.74, 6) is -2.25. The Labute approximate surface area is 308 Å². The normalized spacial score (nSPS) is 17.0. The molecule has 0 unspecified atom stereocenters. The molecule has 5 N–H and O–H groups in total. The lowest BCUT2D eigenvalue weighted by atomic mass is 10.0. The van der Waals surface area contributed by atoms with Crippen LogP contribution < -0.4 is 26.6 Å². The highest BCUT2D eigenvalue weighted by Gasteiger charge is 2.24. The van der Waals surface area contributed by atoms with E-state index in [4.69, 9.17) is 9.47 Å². The predicted octanol–water partition coefficient (Wildman–Crippen LogP) is 1.91. The molecule has 14 heteroatoms. The van der Waals surface area contributed by atoms with Gasteiger partial charge in [-0.2, -0.15) is 0 Å². The quantitative estimate of drug-likeness (QED) is 0.193. The third-order valence-electron chi connectivity index (χ3n) is 9.87. The number of ether oxygens (including phenoxy) is 2. The molecule has 0 aliphatic carbocycles. The number of rotatable bonds is 13. The van der Waals surface area contributed by atoms with E-state index in [2.05, 4.69) is 30.9 Å². The summed E-state index contributed by atoms with van der Waals surface area (Å²) in [4.78, 5) is 85.6. The van der Waals surface area contributed by atoms with Gasteiger partial charge in [0, 0.05) is 51.8 Å². The fourth-order valence-corrected chi connectivity index (χ4v) is 6.13. The van der Waals surface area contributed by atoms with Crippen LogP contribution in [0.4, 0.5) is 0 Å². The van der Waals surface area contributed by atoms with E-state index in [9.17, 15) is 28.8 Å². The number of aromatic amines is 2. The number of aliphatic imine (C=N–C) groups is 1. The number of carbonyl (C=O) groups is 6. The fraction of sp³-hybridized carbons (Fsp3) is 0.410. The number of methoxy groups -OCH3 is 2. The Bertz CT molecular complexity index is 2140. The second-order valence-electron chi connectivity index (χ2n) is 13.3. The third-order valence-corrected chi connectivity index (χ3v) is 9.87. The Morgan fingerprint density at radius 1 is 0.679 bits per heavy atom. The van der Waals surface area contributed by atoms with Crippen LogP contribution in [0.5, 0.6) is 0 Å². The van der Waals surface area contributed by atoms with Crippen LogP contribution in [0.15, 0.2) is 33.0 Å². The molecule has 4 heterocycles. The Kier molecular flexibility index (Phi) is 12.6. The fourth-order valence-electron chi connectivity index (χ4n) is 6.13. The summed E-state index contributed by atoms with van der Waals surface area (Å²) in [7, 11) is 2.51. The number of amides is 4. The molecule has 0 bridgehead atoms. The summed E-state index contributed by atoms with van der Waals surface area (Å²) in [6, 6.07) is -1.63. The zero-order valence-electron chi connectivity index (χ0n) is 31.9. The van der Waals surface area contributed by atoms with E-state index in [0.29, 0.717) is 51.8 Å². The molecule has 53 heavy (non-hydrogen) atoms. The van der Waals surface area contributed by atoms with Gasteiger partial charge in [0.25, 0.3) is 11.8 Å². The van der Waals surface area contributed by atoms with Crippen molar-refractivity contribution in [3.8, 4) is 0 Å². The Hall–Kier alpha value is -5.79. The zero-order valence-corrected chi connectivity index (χ0v) is 31.9. The highest BCUT2D eigenvalue weighted by atomic mass is 16.5. The highest BCUT2D eigenvalue weighted by molar-refractivity contribution is 6.30. The van der Waals surface area contributed by atoms with E-state index in [1.807, 2.05) is 45.9 Å². The van der Waals surface area contributed by atoms with Crippen LogP contribution >= 0.6 is 0 Å². The molecule has 0 saturated heterocycles. The van der Waals surface area contributed by atoms with Crippen molar-refractivity contribution in [3.05, 3.63) is 72.3 Å². The lowest BCUT2D eigenvalue weighted by Gasteiger charge is -2.11. The largest absolute Gasteiger partial charge is 0.467 e. The van der Waals surface area contributed by atoms with Gasteiger partial charge in [-0.1, -0.05) is 0 Å². The number of hydrogen-bond acceptors (Lipinski definition) is 8. The van der Waals surface area contributed by atoms with Crippen LogP contribution in [0.1, 0.15) is 88.0 Å². The number of H-pyrrole nitrogens is 2. The number of carbonyl (C=O) groups excluding carboxylic acids is 6. The van der Waals surface area contributed by atoms with Crippen LogP contribution in [-0.2, 0) is 51.1 Å². The van der Waals surface area contributed by atoms with Crippen LogP contribution in [0.3, 0.4) is 0 Å². The minimum Gasteiger partial charge on any atom is -0.467 e. The molecule has 2 atom stereocenters. The third kappa shape index (κ3) is 8.99. The van der Waals surface area contributed by atoms with Gasteiger partial charge < -0.3 is 35.4 Å². The van der Waals surface area contributed by atoms with Crippen LogP contribution in [0, 0.1) is 13.8 Å². The first-order chi connectivity index (χ1) is 25.0. The summed E-state index contributed by atoms with van der Waals surface area (Å²) in [5.41, 5.74) is 8.73. The van der Waals surface area contributed by atoms with Gasteiger partial charge >= 0.3 is 11.9 Å². The first-order valence-corrected chi connectivity index (χ1v) is 17.4. The second kappa shape index (κ2) is 16.7. The first-order valence-electron chi connectivity index (χ1n) is 17.4. The minimum atomic E-state index is -0.817. The number of hydrogen-bond donors (Lipinski definition) is 5. The number of esters is 2. The molecule has 2 aromatic rings. The van der Waals surface area contributed by atoms with E-state index in [-0.39, 0.29) is 36.5 Å². The van der Waals surface area contributed by atoms with Gasteiger partial charge in [0.05, 0.1) is 19.9 Å². The number of nitrogens with zero attached hydrogens (tertiary/aromatic N) is 1. The van der Waals surface area contributed by atoms with Crippen molar-refractivity contribution >= 4 is 59.5 Å². The molecule has 4 amide bonds. The van der Waals surface area contributed by atoms with Gasteiger partial charge in [-0.3, -0.25) is 19.2 Å². The maximum Gasteiger partial charge on any atom is 0.328 e. The molecule has 0 saturated carbocycles. The van der Waals surface area contributed by atoms with Crippen molar-refractivity contribution in [2.45, 2.75) is 93.2 Å².